The molecule has 3 rings (SSSR count). The Hall–Kier alpha value is -3.67. The Labute approximate surface area is 156 Å². The molecule has 0 radical (unpaired) electrons. The van der Waals surface area contributed by atoms with E-state index in [1.54, 1.807) is 55.5 Å². The second-order valence-electron chi connectivity index (χ2n) is 5.98. The minimum atomic E-state index is 0.132. The summed E-state index contributed by atoms with van der Waals surface area (Å²) < 4.78 is 0. The Morgan fingerprint density at radius 1 is 0.667 bits per heavy atom. The highest BCUT2D eigenvalue weighted by atomic mass is 16.3. The van der Waals surface area contributed by atoms with Crippen LogP contribution >= 0.6 is 0 Å². The van der Waals surface area contributed by atoms with Gasteiger partial charge in [0.2, 0.25) is 0 Å². The van der Waals surface area contributed by atoms with Crippen LogP contribution in [0.25, 0.3) is 0 Å². The lowest BCUT2D eigenvalue weighted by molar-refractivity contribution is -0.116. The van der Waals surface area contributed by atoms with Crippen LogP contribution in [0, 0.1) is 0 Å². The number of hydrogen-bond donors (Lipinski definition) is 1. The predicted octanol–water partition coefficient (Wildman–Crippen LogP) is 6.35. The lowest BCUT2D eigenvalue weighted by Crippen LogP contribution is -1.94. The molecule has 0 aromatic heterocycles. The van der Waals surface area contributed by atoms with Crippen LogP contribution in [0.1, 0.15) is 12.5 Å². The monoisotopic (exact) mass is 358 g/mol. The number of aromatic hydroxyl groups is 1. The minimum Gasteiger partial charge on any atom is -0.508 e. The molecule has 6 heteroatoms. The van der Waals surface area contributed by atoms with Gasteiger partial charge in [0.15, 0.2) is 0 Å². The number of ketones is 1. The molecule has 3 aromatic rings. The van der Waals surface area contributed by atoms with Gasteiger partial charge in [0, 0.05) is 6.42 Å². The summed E-state index contributed by atoms with van der Waals surface area (Å²) in [5.41, 5.74) is 3.73. The Morgan fingerprint density at radius 3 is 1.37 bits per heavy atom. The number of carbonyl (C=O) groups is 1. The summed E-state index contributed by atoms with van der Waals surface area (Å²) in [6.45, 7) is 1.57. The van der Waals surface area contributed by atoms with Crippen molar-refractivity contribution < 1.29 is 9.90 Å². The van der Waals surface area contributed by atoms with E-state index in [0.717, 1.165) is 11.3 Å². The largest absolute Gasteiger partial charge is 0.508 e. The molecule has 6 nitrogen and oxygen atoms in total. The first-order valence-corrected chi connectivity index (χ1v) is 8.39. The fraction of sp³-hybridized carbons (Fsp3) is 0.0952. The lowest BCUT2D eigenvalue weighted by Gasteiger charge is -1.98. The van der Waals surface area contributed by atoms with Gasteiger partial charge in [0.25, 0.3) is 0 Å². The van der Waals surface area contributed by atoms with Crippen LogP contribution in [-0.4, -0.2) is 10.9 Å². The molecular weight excluding hydrogens is 340 g/mol. The lowest BCUT2D eigenvalue weighted by atomic mass is 10.1. The molecule has 134 valence electrons. The third-order valence-electron chi connectivity index (χ3n) is 3.65. The van der Waals surface area contributed by atoms with Crippen LogP contribution in [-0.2, 0) is 11.2 Å². The molecule has 0 unspecified atom stereocenters. The summed E-state index contributed by atoms with van der Waals surface area (Å²) in [5.74, 6) is 0.323. The summed E-state index contributed by atoms with van der Waals surface area (Å²) in [7, 11) is 0. The Bertz CT molecular complexity index is 961. The molecule has 0 saturated heterocycles. The first kappa shape index (κ1) is 18.1. The number of nitrogens with zero attached hydrogens (tertiary/aromatic N) is 4. The van der Waals surface area contributed by atoms with Gasteiger partial charge in [-0.05, 0) is 73.2 Å². The summed E-state index contributed by atoms with van der Waals surface area (Å²) in [5, 5.41) is 25.9. The van der Waals surface area contributed by atoms with Gasteiger partial charge in [-0.2, -0.15) is 20.5 Å². The standard InChI is InChI=1S/C21H18N4O2/c1-15(26)14-16-2-4-17(5-3-16)22-23-18-6-8-19(9-7-18)24-25-20-10-12-21(27)13-11-20/h2-13,27H,14H2,1H3. The van der Waals surface area contributed by atoms with Crippen LogP contribution < -0.4 is 0 Å². The van der Waals surface area contributed by atoms with Crippen molar-refractivity contribution in [2.45, 2.75) is 13.3 Å². The highest BCUT2D eigenvalue weighted by molar-refractivity contribution is 5.78. The maximum atomic E-state index is 11.1. The van der Waals surface area contributed by atoms with Gasteiger partial charge < -0.3 is 5.11 Å². The predicted molar refractivity (Wildman–Crippen MR) is 104 cm³/mol. The molecule has 0 aliphatic carbocycles. The minimum absolute atomic E-state index is 0.132. The molecule has 0 bridgehead atoms. The fourth-order valence-electron chi connectivity index (χ4n) is 2.30. The van der Waals surface area contributed by atoms with Crippen LogP contribution in [0.5, 0.6) is 5.75 Å². The number of phenols is 1. The first-order valence-electron chi connectivity index (χ1n) is 8.39. The van der Waals surface area contributed by atoms with E-state index in [-0.39, 0.29) is 11.5 Å². The molecule has 0 atom stereocenters. The number of carbonyl (C=O) groups excluding carboxylic acids is 1. The summed E-state index contributed by atoms with van der Waals surface area (Å²) in [6.07, 6.45) is 0.428. The van der Waals surface area contributed by atoms with Gasteiger partial charge in [0.05, 0.1) is 22.7 Å². The van der Waals surface area contributed by atoms with Crippen molar-refractivity contribution in [1.82, 2.24) is 0 Å². The van der Waals surface area contributed by atoms with Crippen LogP contribution in [0.4, 0.5) is 22.7 Å². The number of phenolic OH excluding ortho intramolecular Hbond substituents is 1. The Balaban J connectivity index is 1.62. The van der Waals surface area contributed by atoms with Gasteiger partial charge >= 0.3 is 0 Å². The smallest absolute Gasteiger partial charge is 0.134 e. The van der Waals surface area contributed by atoms with E-state index in [1.807, 2.05) is 24.3 Å². The van der Waals surface area contributed by atoms with Crippen molar-refractivity contribution in [2.75, 3.05) is 0 Å². The molecule has 0 aliphatic rings. The van der Waals surface area contributed by atoms with Crippen LogP contribution in [0.15, 0.2) is 93.3 Å². The maximum Gasteiger partial charge on any atom is 0.134 e. The molecule has 0 amide bonds. The summed E-state index contributed by atoms with van der Waals surface area (Å²) in [6, 6.07) is 21.1. The highest BCUT2D eigenvalue weighted by Crippen LogP contribution is 2.24. The second-order valence-corrected chi connectivity index (χ2v) is 5.98. The third-order valence-corrected chi connectivity index (χ3v) is 3.65. The zero-order chi connectivity index (χ0) is 19.1. The zero-order valence-corrected chi connectivity index (χ0v) is 14.8. The topological polar surface area (TPSA) is 86.7 Å². The van der Waals surface area contributed by atoms with Crippen molar-refractivity contribution in [3.63, 3.8) is 0 Å². The van der Waals surface area contributed by atoms with Gasteiger partial charge in [-0.3, -0.25) is 4.79 Å². The van der Waals surface area contributed by atoms with Crippen molar-refractivity contribution in [1.29, 1.82) is 0 Å². The van der Waals surface area contributed by atoms with Crippen molar-refractivity contribution in [3.8, 4) is 5.75 Å². The summed E-state index contributed by atoms with van der Waals surface area (Å²) >= 11 is 0. The fourth-order valence-corrected chi connectivity index (χ4v) is 2.30. The van der Waals surface area contributed by atoms with Crippen LogP contribution in [0.2, 0.25) is 0 Å². The van der Waals surface area contributed by atoms with Crippen LogP contribution in [0.3, 0.4) is 0 Å². The summed E-state index contributed by atoms with van der Waals surface area (Å²) in [4.78, 5) is 11.1. The average molecular weight is 358 g/mol. The van der Waals surface area contributed by atoms with Gasteiger partial charge in [-0.1, -0.05) is 12.1 Å². The first-order chi connectivity index (χ1) is 13.1. The molecule has 0 heterocycles. The average Bonchev–Trinajstić information content (AvgIpc) is 2.67. The number of Topliss-reactive ketones (excluding diaryl/α,β-unsaturated/α-hetero) is 1. The van der Waals surface area contributed by atoms with Crippen molar-refractivity contribution >= 4 is 28.5 Å². The molecular formula is C21H18N4O2. The SMILES string of the molecule is CC(=O)Cc1ccc(N=Nc2ccc(N=Nc3ccc(O)cc3)cc2)cc1. The van der Waals surface area contributed by atoms with E-state index in [9.17, 15) is 9.90 Å². The Morgan fingerprint density at radius 2 is 1.00 bits per heavy atom. The van der Waals surface area contributed by atoms with E-state index >= 15 is 0 Å². The van der Waals surface area contributed by atoms with E-state index in [0.29, 0.717) is 23.5 Å². The van der Waals surface area contributed by atoms with E-state index in [4.69, 9.17) is 0 Å². The van der Waals surface area contributed by atoms with Crippen molar-refractivity contribution in [3.05, 3.63) is 78.4 Å². The third kappa shape index (κ3) is 5.67. The number of hydrogen-bond acceptors (Lipinski definition) is 6. The quantitative estimate of drug-likeness (QED) is 0.520. The maximum absolute atomic E-state index is 11.1. The normalized spacial score (nSPS) is 11.3. The molecule has 0 spiro atoms. The second kappa shape index (κ2) is 8.62. The molecule has 1 N–H and O–H groups in total. The highest BCUT2D eigenvalue weighted by Gasteiger charge is 1.98. The molecule has 3 aromatic carbocycles. The number of benzene rings is 3. The molecule has 0 fully saturated rings. The molecule has 0 saturated carbocycles. The van der Waals surface area contributed by atoms with Gasteiger partial charge in [-0.15, -0.1) is 0 Å². The van der Waals surface area contributed by atoms with Gasteiger partial charge in [-0.25, -0.2) is 0 Å². The molecule has 27 heavy (non-hydrogen) atoms. The zero-order valence-electron chi connectivity index (χ0n) is 14.8. The van der Waals surface area contributed by atoms with E-state index < -0.39 is 0 Å². The molecule has 0 aliphatic heterocycles. The van der Waals surface area contributed by atoms with Crippen molar-refractivity contribution in [2.24, 2.45) is 20.5 Å². The van der Waals surface area contributed by atoms with E-state index in [1.165, 1.54) is 0 Å². The Kier molecular flexibility index (Phi) is 5.79. The van der Waals surface area contributed by atoms with E-state index in [2.05, 4.69) is 20.5 Å². The number of rotatable bonds is 6. The number of azo groups is 2. The van der Waals surface area contributed by atoms with Gasteiger partial charge in [0.1, 0.15) is 11.5 Å².